The highest BCUT2D eigenvalue weighted by molar-refractivity contribution is 5.50. The molecule has 0 aliphatic heterocycles. The van der Waals surface area contributed by atoms with E-state index in [1.807, 2.05) is 0 Å². The van der Waals surface area contributed by atoms with E-state index in [0.29, 0.717) is 11.7 Å². The number of hydrogen-bond acceptors (Lipinski definition) is 5. The molecule has 0 bridgehead atoms. The summed E-state index contributed by atoms with van der Waals surface area (Å²) >= 11 is 0. The van der Waals surface area contributed by atoms with Crippen LogP contribution in [-0.4, -0.2) is 16.5 Å². The van der Waals surface area contributed by atoms with Crippen molar-refractivity contribution in [3.05, 3.63) is 27.9 Å². The van der Waals surface area contributed by atoms with Crippen molar-refractivity contribution in [2.45, 2.75) is 32.6 Å². The smallest absolute Gasteiger partial charge is 0.305 e. The molecule has 1 aromatic heterocycles. The number of nitro groups is 1. The fourth-order valence-electron chi connectivity index (χ4n) is 2.77. The Hall–Kier alpha value is -2.16. The van der Waals surface area contributed by atoms with Gasteiger partial charge in [-0.3, -0.25) is 10.1 Å². The van der Waals surface area contributed by atoms with Crippen molar-refractivity contribution in [1.82, 2.24) is 4.98 Å². The molecule has 1 heterocycles. The molecule has 1 aromatic rings. The Morgan fingerprint density at radius 3 is 3.00 bits per heavy atom. The summed E-state index contributed by atoms with van der Waals surface area (Å²) < 4.78 is 0. The van der Waals surface area contributed by atoms with Crippen molar-refractivity contribution in [1.29, 1.82) is 5.26 Å². The maximum Gasteiger partial charge on any atom is 0.305 e. The minimum atomic E-state index is -0.585. The first kappa shape index (κ1) is 14.3. The number of nitrogens with zero attached hydrogens (tertiary/aromatic N) is 3. The van der Waals surface area contributed by atoms with Gasteiger partial charge in [-0.25, -0.2) is 4.98 Å². The molecule has 6 nitrogen and oxygen atoms in total. The zero-order valence-electron chi connectivity index (χ0n) is 11.5. The molecule has 1 aliphatic carbocycles. The zero-order valence-corrected chi connectivity index (χ0v) is 11.5. The summed E-state index contributed by atoms with van der Waals surface area (Å²) in [6.07, 6.45) is 4.95. The van der Waals surface area contributed by atoms with Crippen LogP contribution in [0, 0.1) is 33.3 Å². The Bertz CT molecular complexity index is 538. The third kappa shape index (κ3) is 3.44. The number of pyridine rings is 1. The van der Waals surface area contributed by atoms with E-state index in [2.05, 4.69) is 17.2 Å². The van der Waals surface area contributed by atoms with E-state index < -0.39 is 4.92 Å². The lowest BCUT2D eigenvalue weighted by Gasteiger charge is -2.26. The fraction of sp³-hybridized carbons (Fsp3) is 0.571. The largest absolute Gasteiger partial charge is 0.370 e. The van der Waals surface area contributed by atoms with Crippen molar-refractivity contribution < 1.29 is 4.92 Å². The minimum Gasteiger partial charge on any atom is -0.370 e. The molecular weight excluding hydrogens is 256 g/mol. The fourth-order valence-corrected chi connectivity index (χ4v) is 2.77. The van der Waals surface area contributed by atoms with Crippen LogP contribution in [0.15, 0.2) is 12.1 Å². The van der Waals surface area contributed by atoms with E-state index in [-0.39, 0.29) is 11.4 Å². The standard InChI is InChI=1S/C14H18N4O2/c1-10-3-2-4-11(7-10)9-16-14-6-5-13(18(19)20)12(8-15)17-14/h5-6,10-11H,2-4,7,9H2,1H3,(H,16,17). The van der Waals surface area contributed by atoms with Crippen molar-refractivity contribution in [2.24, 2.45) is 11.8 Å². The van der Waals surface area contributed by atoms with Crippen LogP contribution in [-0.2, 0) is 0 Å². The minimum absolute atomic E-state index is 0.142. The summed E-state index contributed by atoms with van der Waals surface area (Å²) in [5, 5.41) is 22.8. The van der Waals surface area contributed by atoms with E-state index in [1.165, 1.54) is 31.7 Å². The molecule has 1 fully saturated rings. The molecule has 0 radical (unpaired) electrons. The first-order chi connectivity index (χ1) is 9.60. The van der Waals surface area contributed by atoms with Gasteiger partial charge in [-0.2, -0.15) is 5.26 Å². The summed E-state index contributed by atoms with van der Waals surface area (Å²) in [6.45, 7) is 3.07. The topological polar surface area (TPSA) is 91.9 Å². The van der Waals surface area contributed by atoms with Gasteiger partial charge in [0.2, 0.25) is 5.69 Å². The molecule has 1 N–H and O–H groups in total. The quantitative estimate of drug-likeness (QED) is 0.672. The number of nitriles is 1. The van der Waals surface area contributed by atoms with Gasteiger partial charge < -0.3 is 5.32 Å². The zero-order chi connectivity index (χ0) is 14.5. The van der Waals surface area contributed by atoms with Gasteiger partial charge in [-0.05, 0) is 30.7 Å². The molecule has 2 rings (SSSR count). The molecule has 0 saturated heterocycles. The lowest BCUT2D eigenvalue weighted by Crippen LogP contribution is -2.21. The highest BCUT2D eigenvalue weighted by Crippen LogP contribution is 2.28. The summed E-state index contributed by atoms with van der Waals surface area (Å²) in [7, 11) is 0. The number of rotatable bonds is 4. The molecule has 1 aliphatic rings. The van der Waals surface area contributed by atoms with Crippen molar-refractivity contribution >= 4 is 11.5 Å². The summed E-state index contributed by atoms with van der Waals surface area (Å²) in [6, 6.07) is 4.66. The first-order valence-electron chi connectivity index (χ1n) is 6.89. The van der Waals surface area contributed by atoms with E-state index in [0.717, 1.165) is 12.5 Å². The average Bonchev–Trinajstić information content (AvgIpc) is 2.44. The third-order valence-corrected chi connectivity index (χ3v) is 3.79. The Kier molecular flexibility index (Phi) is 4.51. The second-order valence-corrected chi connectivity index (χ2v) is 5.45. The predicted molar refractivity (Wildman–Crippen MR) is 75.2 cm³/mol. The van der Waals surface area contributed by atoms with E-state index in [9.17, 15) is 10.1 Å². The molecular formula is C14H18N4O2. The van der Waals surface area contributed by atoms with Crippen LogP contribution < -0.4 is 5.32 Å². The van der Waals surface area contributed by atoms with Gasteiger partial charge in [-0.15, -0.1) is 0 Å². The second kappa shape index (κ2) is 6.33. The van der Waals surface area contributed by atoms with E-state index >= 15 is 0 Å². The number of hydrogen-bond donors (Lipinski definition) is 1. The Labute approximate surface area is 118 Å². The summed E-state index contributed by atoms with van der Waals surface area (Å²) in [5.41, 5.74) is -0.388. The molecule has 6 heteroatoms. The molecule has 20 heavy (non-hydrogen) atoms. The molecule has 0 aromatic carbocycles. The third-order valence-electron chi connectivity index (χ3n) is 3.79. The van der Waals surface area contributed by atoms with Crippen LogP contribution in [0.1, 0.15) is 38.3 Å². The van der Waals surface area contributed by atoms with Crippen LogP contribution in [0.25, 0.3) is 0 Å². The molecule has 1 saturated carbocycles. The van der Waals surface area contributed by atoms with Crippen molar-refractivity contribution in [3.63, 3.8) is 0 Å². The Morgan fingerprint density at radius 2 is 2.35 bits per heavy atom. The van der Waals surface area contributed by atoms with Gasteiger partial charge in [0.1, 0.15) is 11.9 Å². The van der Waals surface area contributed by atoms with E-state index in [4.69, 9.17) is 5.26 Å². The summed E-state index contributed by atoms with van der Waals surface area (Å²) in [5.74, 6) is 1.90. The number of nitrogens with one attached hydrogen (secondary N) is 1. The van der Waals surface area contributed by atoms with Gasteiger partial charge in [0.15, 0.2) is 0 Å². The number of anilines is 1. The van der Waals surface area contributed by atoms with Gasteiger partial charge in [0, 0.05) is 12.6 Å². The monoisotopic (exact) mass is 274 g/mol. The number of aromatic nitrogens is 1. The molecule has 2 unspecified atom stereocenters. The Balaban J connectivity index is 2.00. The SMILES string of the molecule is CC1CCCC(CNc2ccc([N+](=O)[O-])c(C#N)n2)C1. The van der Waals surface area contributed by atoms with Crippen molar-refractivity contribution in [2.75, 3.05) is 11.9 Å². The van der Waals surface area contributed by atoms with E-state index in [1.54, 1.807) is 12.1 Å². The lowest BCUT2D eigenvalue weighted by atomic mass is 9.82. The van der Waals surface area contributed by atoms with Gasteiger partial charge in [0.05, 0.1) is 4.92 Å². The van der Waals surface area contributed by atoms with Crippen molar-refractivity contribution in [3.8, 4) is 6.07 Å². The molecule has 2 atom stereocenters. The van der Waals surface area contributed by atoms with Crippen LogP contribution >= 0.6 is 0 Å². The average molecular weight is 274 g/mol. The highest BCUT2D eigenvalue weighted by Gasteiger charge is 2.19. The molecule has 0 amide bonds. The van der Waals surface area contributed by atoms with Gasteiger partial charge >= 0.3 is 5.69 Å². The summed E-state index contributed by atoms with van der Waals surface area (Å²) in [4.78, 5) is 14.1. The first-order valence-corrected chi connectivity index (χ1v) is 6.89. The lowest BCUT2D eigenvalue weighted by molar-refractivity contribution is -0.385. The van der Waals surface area contributed by atoms with Gasteiger partial charge in [0.25, 0.3) is 0 Å². The molecule has 106 valence electrons. The molecule has 0 spiro atoms. The second-order valence-electron chi connectivity index (χ2n) is 5.45. The maximum absolute atomic E-state index is 10.7. The van der Waals surface area contributed by atoms with Crippen LogP contribution in [0.3, 0.4) is 0 Å². The van der Waals surface area contributed by atoms with Gasteiger partial charge in [-0.1, -0.05) is 19.8 Å². The Morgan fingerprint density at radius 1 is 1.55 bits per heavy atom. The van der Waals surface area contributed by atoms with Crippen LogP contribution in [0.4, 0.5) is 11.5 Å². The highest BCUT2D eigenvalue weighted by atomic mass is 16.6. The normalized spacial score (nSPS) is 22.0. The van der Waals surface area contributed by atoms with Crippen LogP contribution in [0.2, 0.25) is 0 Å². The maximum atomic E-state index is 10.7. The predicted octanol–water partition coefficient (Wildman–Crippen LogP) is 3.10. The van der Waals surface area contributed by atoms with Crippen LogP contribution in [0.5, 0.6) is 0 Å².